The van der Waals surface area contributed by atoms with Crippen molar-refractivity contribution in [3.63, 3.8) is 0 Å². The monoisotopic (exact) mass is 254 g/mol. The van der Waals surface area contributed by atoms with Crippen molar-refractivity contribution in [3.05, 3.63) is 38.4 Å². The Kier molecular flexibility index (Phi) is 3.39. The van der Waals surface area contributed by atoms with Crippen LogP contribution in [0.25, 0.3) is 0 Å². The maximum atomic E-state index is 12.6. The van der Waals surface area contributed by atoms with Crippen molar-refractivity contribution in [2.45, 2.75) is 12.7 Å². The molecule has 8 heteroatoms. The van der Waals surface area contributed by atoms with Gasteiger partial charge in [-0.1, -0.05) is 11.6 Å². The van der Waals surface area contributed by atoms with Crippen molar-refractivity contribution in [1.29, 1.82) is 0 Å². The van der Waals surface area contributed by atoms with E-state index < -0.39 is 34.5 Å². The van der Waals surface area contributed by atoms with Crippen LogP contribution in [0.2, 0.25) is 5.02 Å². The summed E-state index contributed by atoms with van der Waals surface area (Å²) in [5, 5.41) is 10.3. The smallest absolute Gasteiger partial charge is 0.326 e. The molecular formula is C8H6ClF3N2O2. The van der Waals surface area contributed by atoms with Crippen LogP contribution in [-0.4, -0.2) is 4.92 Å². The van der Waals surface area contributed by atoms with Crippen LogP contribution in [0.5, 0.6) is 0 Å². The summed E-state index contributed by atoms with van der Waals surface area (Å²) in [6, 6.07) is 1.63. The molecule has 1 aromatic rings. The molecule has 0 saturated heterocycles. The highest BCUT2D eigenvalue weighted by molar-refractivity contribution is 6.30. The Hall–Kier alpha value is -1.34. The molecule has 1 aromatic carbocycles. The summed E-state index contributed by atoms with van der Waals surface area (Å²) in [4.78, 5) is 9.36. The molecule has 0 atom stereocenters. The summed E-state index contributed by atoms with van der Waals surface area (Å²) in [5.74, 6) is 0. The summed E-state index contributed by atoms with van der Waals surface area (Å²) in [7, 11) is 0. The number of rotatable bonds is 2. The molecule has 16 heavy (non-hydrogen) atoms. The second-order valence-corrected chi connectivity index (χ2v) is 3.35. The predicted molar refractivity (Wildman–Crippen MR) is 51.0 cm³/mol. The number of benzene rings is 1. The van der Waals surface area contributed by atoms with Gasteiger partial charge in [0, 0.05) is 17.6 Å². The van der Waals surface area contributed by atoms with E-state index in [1.54, 1.807) is 0 Å². The van der Waals surface area contributed by atoms with Crippen molar-refractivity contribution >= 4 is 17.3 Å². The van der Waals surface area contributed by atoms with Gasteiger partial charge in [0.15, 0.2) is 0 Å². The van der Waals surface area contributed by atoms with E-state index in [9.17, 15) is 23.3 Å². The minimum absolute atomic E-state index is 0.153. The third kappa shape index (κ3) is 2.42. The van der Waals surface area contributed by atoms with E-state index in [1.807, 2.05) is 0 Å². The van der Waals surface area contributed by atoms with Gasteiger partial charge in [-0.15, -0.1) is 0 Å². The molecule has 4 nitrogen and oxygen atoms in total. The van der Waals surface area contributed by atoms with Crippen LogP contribution in [0.1, 0.15) is 11.1 Å². The third-order valence-corrected chi connectivity index (χ3v) is 2.08. The molecule has 0 heterocycles. The van der Waals surface area contributed by atoms with Crippen LogP contribution in [0.3, 0.4) is 0 Å². The highest BCUT2D eigenvalue weighted by Gasteiger charge is 2.40. The summed E-state index contributed by atoms with van der Waals surface area (Å²) in [6.07, 6.45) is -4.83. The van der Waals surface area contributed by atoms with Gasteiger partial charge in [0.2, 0.25) is 0 Å². The highest BCUT2D eigenvalue weighted by Crippen LogP contribution is 2.40. The van der Waals surface area contributed by atoms with Gasteiger partial charge < -0.3 is 5.73 Å². The number of nitrogens with two attached hydrogens (primary N) is 1. The maximum Gasteiger partial charge on any atom is 0.423 e. The second kappa shape index (κ2) is 4.26. The number of nitrogens with zero attached hydrogens (tertiary/aromatic N) is 1. The summed E-state index contributed by atoms with van der Waals surface area (Å²) >= 11 is 5.47. The van der Waals surface area contributed by atoms with Crippen LogP contribution in [0.15, 0.2) is 12.1 Å². The molecule has 0 amide bonds. The van der Waals surface area contributed by atoms with E-state index in [4.69, 9.17) is 17.3 Å². The molecule has 0 unspecified atom stereocenters. The van der Waals surface area contributed by atoms with E-state index in [1.165, 1.54) is 0 Å². The maximum absolute atomic E-state index is 12.6. The van der Waals surface area contributed by atoms with Crippen LogP contribution in [-0.2, 0) is 12.7 Å². The molecular weight excluding hydrogens is 249 g/mol. The number of halogens is 4. The number of nitro groups is 1. The third-order valence-electron chi connectivity index (χ3n) is 1.86. The van der Waals surface area contributed by atoms with Crippen molar-refractivity contribution in [2.24, 2.45) is 5.73 Å². The fourth-order valence-electron chi connectivity index (χ4n) is 1.28. The Bertz CT molecular complexity index is 434. The van der Waals surface area contributed by atoms with Gasteiger partial charge in [0.1, 0.15) is 5.56 Å². The molecule has 0 spiro atoms. The fourth-order valence-corrected chi connectivity index (χ4v) is 1.51. The zero-order chi connectivity index (χ0) is 12.5. The van der Waals surface area contributed by atoms with E-state index in [0.717, 1.165) is 6.07 Å². The van der Waals surface area contributed by atoms with Gasteiger partial charge in [-0.25, -0.2) is 0 Å². The number of nitro benzene ring substituents is 1. The minimum Gasteiger partial charge on any atom is -0.326 e. The van der Waals surface area contributed by atoms with Crippen LogP contribution in [0, 0.1) is 10.1 Å². The van der Waals surface area contributed by atoms with Crippen molar-refractivity contribution in [1.82, 2.24) is 0 Å². The first-order valence-corrected chi connectivity index (χ1v) is 4.39. The molecule has 0 fully saturated rings. The van der Waals surface area contributed by atoms with Crippen LogP contribution >= 0.6 is 11.6 Å². The van der Waals surface area contributed by atoms with Crippen LogP contribution in [0.4, 0.5) is 18.9 Å². The Labute approximate surface area is 93.0 Å². The fraction of sp³-hybridized carbons (Fsp3) is 0.250. The predicted octanol–water partition coefficient (Wildman–Crippen LogP) is 2.73. The zero-order valence-electron chi connectivity index (χ0n) is 7.71. The lowest BCUT2D eigenvalue weighted by Gasteiger charge is -2.12. The molecule has 1 rings (SSSR count). The van der Waals surface area contributed by atoms with E-state index >= 15 is 0 Å². The van der Waals surface area contributed by atoms with E-state index in [-0.39, 0.29) is 5.02 Å². The van der Waals surface area contributed by atoms with E-state index in [2.05, 4.69) is 0 Å². The summed E-state index contributed by atoms with van der Waals surface area (Å²) < 4.78 is 37.8. The largest absolute Gasteiger partial charge is 0.423 e. The van der Waals surface area contributed by atoms with Gasteiger partial charge in [0.25, 0.3) is 5.69 Å². The lowest BCUT2D eigenvalue weighted by molar-refractivity contribution is -0.388. The minimum atomic E-state index is -4.83. The molecule has 0 radical (unpaired) electrons. The van der Waals surface area contributed by atoms with Crippen molar-refractivity contribution in [2.75, 3.05) is 0 Å². The zero-order valence-corrected chi connectivity index (χ0v) is 8.47. The van der Waals surface area contributed by atoms with E-state index in [0.29, 0.717) is 6.07 Å². The van der Waals surface area contributed by atoms with Gasteiger partial charge in [-0.05, 0) is 11.6 Å². The SMILES string of the molecule is NCc1cc(Cl)cc([N+](=O)[O-])c1C(F)(F)F. The average Bonchev–Trinajstić information content (AvgIpc) is 2.14. The number of alkyl halides is 3. The number of hydrogen-bond acceptors (Lipinski definition) is 3. The first-order chi connectivity index (χ1) is 7.27. The number of hydrogen-bond donors (Lipinski definition) is 1. The van der Waals surface area contributed by atoms with Crippen LogP contribution < -0.4 is 5.73 Å². The first-order valence-electron chi connectivity index (χ1n) is 4.01. The molecule has 88 valence electrons. The Morgan fingerprint density at radius 2 is 2.00 bits per heavy atom. The molecule has 0 aliphatic rings. The lowest BCUT2D eigenvalue weighted by Crippen LogP contribution is -2.14. The van der Waals surface area contributed by atoms with Gasteiger partial charge >= 0.3 is 6.18 Å². The van der Waals surface area contributed by atoms with Gasteiger partial charge in [-0.2, -0.15) is 13.2 Å². The molecule has 0 aromatic heterocycles. The topological polar surface area (TPSA) is 69.2 Å². The first kappa shape index (κ1) is 12.7. The molecule has 0 aliphatic heterocycles. The second-order valence-electron chi connectivity index (χ2n) is 2.92. The van der Waals surface area contributed by atoms with Gasteiger partial charge in [-0.3, -0.25) is 10.1 Å². The normalized spacial score (nSPS) is 11.6. The molecule has 0 saturated carbocycles. The molecule has 2 N–H and O–H groups in total. The molecule has 0 bridgehead atoms. The summed E-state index contributed by atoms with van der Waals surface area (Å²) in [5.41, 5.74) is 2.28. The lowest BCUT2D eigenvalue weighted by atomic mass is 10.0. The quantitative estimate of drug-likeness (QED) is 0.652. The highest BCUT2D eigenvalue weighted by atomic mass is 35.5. The summed E-state index contributed by atoms with van der Waals surface area (Å²) in [6.45, 7) is -0.476. The Morgan fingerprint density at radius 1 is 1.44 bits per heavy atom. The van der Waals surface area contributed by atoms with Gasteiger partial charge in [0.05, 0.1) is 4.92 Å². The average molecular weight is 255 g/mol. The standard InChI is InChI=1S/C8H6ClF3N2O2/c9-5-1-4(3-13)7(8(10,11)12)6(2-5)14(15)16/h1-2H,3,13H2. The molecule has 0 aliphatic carbocycles. The van der Waals surface area contributed by atoms with Crippen molar-refractivity contribution in [3.8, 4) is 0 Å². The Morgan fingerprint density at radius 3 is 2.38 bits per heavy atom. The van der Waals surface area contributed by atoms with Crippen molar-refractivity contribution < 1.29 is 18.1 Å². The Balaban J connectivity index is 3.58.